The van der Waals surface area contributed by atoms with Crippen LogP contribution in [0, 0.1) is 0 Å². The van der Waals surface area contributed by atoms with Gasteiger partial charge < -0.3 is 15.4 Å². The highest BCUT2D eigenvalue weighted by molar-refractivity contribution is 6.35. The lowest BCUT2D eigenvalue weighted by Gasteiger charge is -2.12. The maximum absolute atomic E-state index is 12.1. The maximum atomic E-state index is 12.1. The molecule has 1 atom stereocenters. The molecule has 150 valence electrons. The minimum Gasteiger partial charge on any atom is -0.492 e. The molecule has 2 rings (SSSR count). The van der Waals surface area contributed by atoms with E-state index < -0.39 is 0 Å². The Bertz CT molecular complexity index is 810. The Morgan fingerprint density at radius 3 is 2.46 bits per heavy atom. The number of rotatable bonds is 9. The second kappa shape index (κ2) is 10.9. The van der Waals surface area contributed by atoms with E-state index in [1.807, 2.05) is 13.8 Å². The molecule has 0 aromatic heterocycles. The molecule has 0 saturated heterocycles. The fourth-order valence-corrected chi connectivity index (χ4v) is 2.81. The quantitative estimate of drug-likeness (QED) is 0.537. The van der Waals surface area contributed by atoms with Crippen LogP contribution in [0.3, 0.4) is 0 Å². The molecule has 2 amide bonds. The fourth-order valence-electron chi connectivity index (χ4n) is 2.34. The third-order valence-corrected chi connectivity index (χ3v) is 4.65. The summed E-state index contributed by atoms with van der Waals surface area (Å²) in [6.07, 6.45) is 1.72. The standard InChI is InChI=1S/C21H24Cl2N2O3/c1-3-14(2)24-21(27)15-6-9-17(10-7-15)25-20(26)5-4-12-28-19-11-8-16(22)13-18(19)23/h6-11,13-14H,3-5,12H2,1-2H3,(H,24,27)(H,25,26). The van der Waals surface area contributed by atoms with Gasteiger partial charge in [0.05, 0.1) is 11.6 Å². The monoisotopic (exact) mass is 422 g/mol. The van der Waals surface area contributed by atoms with E-state index in [2.05, 4.69) is 10.6 Å². The highest BCUT2D eigenvalue weighted by Crippen LogP contribution is 2.27. The minimum atomic E-state index is -0.123. The summed E-state index contributed by atoms with van der Waals surface area (Å²) in [7, 11) is 0. The Kier molecular flexibility index (Phi) is 8.61. The smallest absolute Gasteiger partial charge is 0.251 e. The van der Waals surface area contributed by atoms with Crippen LogP contribution < -0.4 is 15.4 Å². The van der Waals surface area contributed by atoms with E-state index in [0.717, 1.165) is 6.42 Å². The third-order valence-electron chi connectivity index (χ3n) is 4.12. The van der Waals surface area contributed by atoms with Crippen molar-refractivity contribution in [1.82, 2.24) is 5.32 Å². The van der Waals surface area contributed by atoms with Gasteiger partial charge in [-0.05, 0) is 62.2 Å². The van der Waals surface area contributed by atoms with E-state index in [-0.39, 0.29) is 17.9 Å². The first-order valence-corrected chi connectivity index (χ1v) is 9.93. The summed E-state index contributed by atoms with van der Waals surface area (Å²) < 4.78 is 5.56. The Morgan fingerprint density at radius 2 is 1.82 bits per heavy atom. The number of ether oxygens (including phenoxy) is 1. The topological polar surface area (TPSA) is 67.4 Å². The van der Waals surface area contributed by atoms with Crippen molar-refractivity contribution in [2.75, 3.05) is 11.9 Å². The Hall–Kier alpha value is -2.24. The average Bonchev–Trinajstić information content (AvgIpc) is 2.67. The maximum Gasteiger partial charge on any atom is 0.251 e. The third kappa shape index (κ3) is 7.06. The molecule has 0 fully saturated rings. The molecule has 0 bridgehead atoms. The lowest BCUT2D eigenvalue weighted by Crippen LogP contribution is -2.31. The van der Waals surface area contributed by atoms with Crippen LogP contribution >= 0.6 is 23.2 Å². The first kappa shape index (κ1) is 22.1. The van der Waals surface area contributed by atoms with Gasteiger partial charge in [-0.15, -0.1) is 0 Å². The molecular weight excluding hydrogens is 399 g/mol. The molecule has 0 aliphatic carbocycles. The Labute approximate surface area is 175 Å². The van der Waals surface area contributed by atoms with Crippen LogP contribution in [-0.2, 0) is 4.79 Å². The average molecular weight is 423 g/mol. The molecule has 2 aromatic carbocycles. The lowest BCUT2D eigenvalue weighted by molar-refractivity contribution is -0.116. The summed E-state index contributed by atoms with van der Waals surface area (Å²) in [4.78, 5) is 24.1. The predicted molar refractivity (Wildman–Crippen MR) is 113 cm³/mol. The number of hydrogen-bond donors (Lipinski definition) is 2. The van der Waals surface area contributed by atoms with E-state index in [9.17, 15) is 9.59 Å². The molecule has 0 heterocycles. The van der Waals surface area contributed by atoms with Crippen LogP contribution in [0.4, 0.5) is 5.69 Å². The van der Waals surface area contributed by atoms with Gasteiger partial charge in [0.1, 0.15) is 5.75 Å². The van der Waals surface area contributed by atoms with Gasteiger partial charge in [-0.2, -0.15) is 0 Å². The first-order valence-electron chi connectivity index (χ1n) is 9.17. The molecule has 0 saturated carbocycles. The van der Waals surface area contributed by atoms with Crippen molar-refractivity contribution in [2.24, 2.45) is 0 Å². The summed E-state index contributed by atoms with van der Waals surface area (Å²) in [5, 5.41) is 6.69. The van der Waals surface area contributed by atoms with Gasteiger partial charge in [-0.1, -0.05) is 30.1 Å². The van der Waals surface area contributed by atoms with Crippen molar-refractivity contribution in [3.8, 4) is 5.75 Å². The predicted octanol–water partition coefficient (Wildman–Crippen LogP) is 5.32. The largest absolute Gasteiger partial charge is 0.492 e. The van der Waals surface area contributed by atoms with Crippen LogP contribution in [-0.4, -0.2) is 24.5 Å². The first-order chi connectivity index (χ1) is 13.4. The number of nitrogens with one attached hydrogen (secondary N) is 2. The molecule has 5 nitrogen and oxygen atoms in total. The molecule has 0 aliphatic heterocycles. The highest BCUT2D eigenvalue weighted by atomic mass is 35.5. The molecule has 28 heavy (non-hydrogen) atoms. The second-order valence-electron chi connectivity index (χ2n) is 6.44. The van der Waals surface area contributed by atoms with Crippen LogP contribution in [0.1, 0.15) is 43.5 Å². The van der Waals surface area contributed by atoms with E-state index in [4.69, 9.17) is 27.9 Å². The van der Waals surface area contributed by atoms with Crippen molar-refractivity contribution in [2.45, 2.75) is 39.2 Å². The normalized spacial score (nSPS) is 11.6. The van der Waals surface area contributed by atoms with Gasteiger partial charge in [-0.3, -0.25) is 9.59 Å². The van der Waals surface area contributed by atoms with Crippen molar-refractivity contribution in [3.63, 3.8) is 0 Å². The molecule has 2 N–H and O–H groups in total. The Balaban J connectivity index is 1.74. The number of halogens is 2. The number of carbonyl (C=O) groups excluding carboxylic acids is 2. The van der Waals surface area contributed by atoms with E-state index in [0.29, 0.717) is 46.5 Å². The number of anilines is 1. The van der Waals surface area contributed by atoms with Crippen LogP contribution in [0.15, 0.2) is 42.5 Å². The van der Waals surface area contributed by atoms with Gasteiger partial charge in [0.15, 0.2) is 0 Å². The number of carbonyl (C=O) groups is 2. The summed E-state index contributed by atoms with van der Waals surface area (Å²) in [6.45, 7) is 4.33. The molecule has 0 aliphatic rings. The van der Waals surface area contributed by atoms with Gasteiger partial charge >= 0.3 is 0 Å². The zero-order valence-electron chi connectivity index (χ0n) is 15.9. The Morgan fingerprint density at radius 1 is 1.11 bits per heavy atom. The molecule has 2 aromatic rings. The van der Waals surface area contributed by atoms with Gasteiger partial charge in [0, 0.05) is 28.7 Å². The zero-order chi connectivity index (χ0) is 20.5. The second-order valence-corrected chi connectivity index (χ2v) is 7.28. The highest BCUT2D eigenvalue weighted by Gasteiger charge is 2.09. The summed E-state index contributed by atoms with van der Waals surface area (Å²) in [5.74, 6) is 0.297. The van der Waals surface area contributed by atoms with Crippen LogP contribution in [0.2, 0.25) is 10.0 Å². The zero-order valence-corrected chi connectivity index (χ0v) is 17.4. The van der Waals surface area contributed by atoms with Crippen molar-refractivity contribution in [1.29, 1.82) is 0 Å². The van der Waals surface area contributed by atoms with E-state index >= 15 is 0 Å². The molecule has 0 spiro atoms. The van der Waals surface area contributed by atoms with Gasteiger partial charge in [0.25, 0.3) is 5.91 Å². The van der Waals surface area contributed by atoms with E-state index in [1.54, 1.807) is 42.5 Å². The number of benzene rings is 2. The van der Waals surface area contributed by atoms with Gasteiger partial charge in [-0.25, -0.2) is 0 Å². The minimum absolute atomic E-state index is 0.120. The van der Waals surface area contributed by atoms with E-state index in [1.165, 1.54) is 0 Å². The number of hydrogen-bond acceptors (Lipinski definition) is 3. The molecule has 1 unspecified atom stereocenters. The van der Waals surface area contributed by atoms with Crippen molar-refractivity contribution >= 4 is 40.7 Å². The number of amides is 2. The summed E-state index contributed by atoms with van der Waals surface area (Å²) in [6, 6.07) is 11.9. The molecular formula is C21H24Cl2N2O3. The molecule has 7 heteroatoms. The van der Waals surface area contributed by atoms with Crippen LogP contribution in [0.25, 0.3) is 0 Å². The van der Waals surface area contributed by atoms with Gasteiger partial charge in [0.2, 0.25) is 5.91 Å². The van der Waals surface area contributed by atoms with Crippen molar-refractivity contribution in [3.05, 3.63) is 58.1 Å². The fraction of sp³-hybridized carbons (Fsp3) is 0.333. The SMILES string of the molecule is CCC(C)NC(=O)c1ccc(NC(=O)CCCOc2ccc(Cl)cc2Cl)cc1. The molecule has 0 radical (unpaired) electrons. The van der Waals surface area contributed by atoms with Crippen molar-refractivity contribution < 1.29 is 14.3 Å². The lowest BCUT2D eigenvalue weighted by atomic mass is 10.1. The summed E-state index contributed by atoms with van der Waals surface area (Å²) >= 11 is 11.9. The summed E-state index contributed by atoms with van der Waals surface area (Å²) in [5.41, 5.74) is 1.21. The van der Waals surface area contributed by atoms with Crippen LogP contribution in [0.5, 0.6) is 5.75 Å².